The zero-order chi connectivity index (χ0) is 30.5. The van der Waals surface area contributed by atoms with Crippen molar-refractivity contribution >= 4 is 22.7 Å². The van der Waals surface area contributed by atoms with Crippen molar-refractivity contribution in [1.29, 1.82) is 5.26 Å². The fourth-order valence-electron chi connectivity index (χ4n) is 4.69. The third kappa shape index (κ3) is 6.58. The first kappa shape index (κ1) is 29.1. The topological polar surface area (TPSA) is 133 Å². The van der Waals surface area contributed by atoms with Crippen molar-refractivity contribution < 1.29 is 23.5 Å². The van der Waals surface area contributed by atoms with E-state index in [9.17, 15) is 14.0 Å². The number of nitrogens with zero attached hydrogens (tertiary/aromatic N) is 4. The highest BCUT2D eigenvalue weighted by Crippen LogP contribution is 2.25. The second-order valence-electron chi connectivity index (χ2n) is 9.97. The van der Waals surface area contributed by atoms with Gasteiger partial charge in [-0.15, -0.1) is 0 Å². The number of ketones is 1. The van der Waals surface area contributed by atoms with Gasteiger partial charge in [0.05, 0.1) is 34.9 Å². The minimum Gasteiger partial charge on any atom is -0.473 e. The van der Waals surface area contributed by atoms with Crippen molar-refractivity contribution in [3.05, 3.63) is 113 Å². The van der Waals surface area contributed by atoms with Gasteiger partial charge in [-0.2, -0.15) is 5.26 Å². The number of carbonyl (C=O) groups is 2. The summed E-state index contributed by atoms with van der Waals surface area (Å²) in [5, 5.41) is 8.92. The maximum atomic E-state index is 14.2. The number of nitriles is 1. The molecule has 0 aliphatic rings. The van der Waals surface area contributed by atoms with Crippen LogP contribution in [0.3, 0.4) is 0 Å². The number of carbonyl (C=O) groups excluding carboxylic acids is 2. The molecule has 0 saturated heterocycles. The Hall–Kier alpha value is -5.40. The fourth-order valence-corrected chi connectivity index (χ4v) is 4.69. The van der Waals surface area contributed by atoms with Gasteiger partial charge in [0.15, 0.2) is 11.9 Å². The number of benzene rings is 3. The molecule has 0 bridgehead atoms. The van der Waals surface area contributed by atoms with Gasteiger partial charge in [-0.05, 0) is 48.9 Å². The zero-order valence-electron chi connectivity index (χ0n) is 23.6. The number of hydrogen-bond acceptors (Lipinski definition) is 7. The number of primary amides is 1. The van der Waals surface area contributed by atoms with Crippen LogP contribution in [0.25, 0.3) is 22.3 Å². The third-order valence-corrected chi connectivity index (χ3v) is 7.08. The molecule has 5 rings (SSSR count). The number of fused-ring (bicyclic) bond motifs is 1. The molecule has 10 heteroatoms. The lowest BCUT2D eigenvalue weighted by atomic mass is 10.1. The van der Waals surface area contributed by atoms with Gasteiger partial charge in [0.2, 0.25) is 11.8 Å². The lowest BCUT2D eigenvalue weighted by Crippen LogP contribution is -2.34. The quantitative estimate of drug-likeness (QED) is 0.219. The molecule has 2 heterocycles. The molecule has 0 radical (unpaired) electrons. The molecule has 3 aromatic carbocycles. The van der Waals surface area contributed by atoms with Crippen LogP contribution in [0.2, 0.25) is 0 Å². The van der Waals surface area contributed by atoms with Crippen LogP contribution >= 0.6 is 0 Å². The average molecular weight is 578 g/mol. The Kier molecular flexibility index (Phi) is 8.55. The zero-order valence-corrected chi connectivity index (χ0v) is 23.6. The summed E-state index contributed by atoms with van der Waals surface area (Å²) in [4.78, 5) is 33.3. The molecule has 0 unspecified atom stereocenters. The Bertz CT molecular complexity index is 1860. The molecule has 216 valence electrons. The van der Waals surface area contributed by atoms with E-state index in [1.165, 1.54) is 26.2 Å². The molecule has 0 aliphatic carbocycles. The molecule has 0 fully saturated rings. The molecule has 5 aromatic rings. The van der Waals surface area contributed by atoms with Gasteiger partial charge in [0.1, 0.15) is 18.2 Å². The van der Waals surface area contributed by atoms with Crippen molar-refractivity contribution in [2.24, 2.45) is 5.73 Å². The van der Waals surface area contributed by atoms with E-state index in [0.29, 0.717) is 46.0 Å². The number of hydrogen-bond donors (Lipinski definition) is 1. The predicted octanol–water partition coefficient (Wildman–Crippen LogP) is 4.98. The number of ether oxygens (including phenoxy) is 2. The predicted molar refractivity (Wildman–Crippen MR) is 158 cm³/mol. The smallest absolute Gasteiger partial charge is 0.248 e. The highest BCUT2D eigenvalue weighted by molar-refractivity contribution is 5.97. The molecule has 0 saturated carbocycles. The molecule has 1 amide bonds. The summed E-state index contributed by atoms with van der Waals surface area (Å²) < 4.78 is 27.1. The van der Waals surface area contributed by atoms with Crippen LogP contribution in [-0.2, 0) is 29.1 Å². The number of halogens is 1. The first-order valence-electron chi connectivity index (χ1n) is 13.5. The fraction of sp³-hybridized carbons (Fsp3) is 0.182. The largest absolute Gasteiger partial charge is 0.473 e. The number of amides is 1. The summed E-state index contributed by atoms with van der Waals surface area (Å²) in [5.74, 6) is -0.148. The summed E-state index contributed by atoms with van der Waals surface area (Å²) >= 11 is 0. The van der Waals surface area contributed by atoms with E-state index in [-0.39, 0.29) is 24.5 Å². The van der Waals surface area contributed by atoms with Crippen LogP contribution in [0.4, 0.5) is 4.39 Å². The first-order valence-corrected chi connectivity index (χ1v) is 13.5. The van der Waals surface area contributed by atoms with Crippen molar-refractivity contribution in [2.75, 3.05) is 7.11 Å². The molecular formula is C33H28FN5O4. The Labute approximate surface area is 247 Å². The maximum Gasteiger partial charge on any atom is 0.248 e. The highest BCUT2D eigenvalue weighted by Gasteiger charge is 2.20. The van der Waals surface area contributed by atoms with Crippen LogP contribution in [0.15, 0.2) is 78.9 Å². The molecule has 0 aliphatic heterocycles. The SMILES string of the molecule is CO[C@@H](Cn1c(Cc2ccc(-c3cccc(OCc4ccc(C#N)cc4F)n3)cc2)nc2ccc(C(C)=O)cc21)C(N)=O. The minimum absolute atomic E-state index is 0.0263. The van der Waals surface area contributed by atoms with Gasteiger partial charge >= 0.3 is 0 Å². The van der Waals surface area contributed by atoms with E-state index in [4.69, 9.17) is 25.5 Å². The van der Waals surface area contributed by atoms with E-state index in [2.05, 4.69) is 4.98 Å². The number of rotatable bonds is 11. The monoisotopic (exact) mass is 577 g/mol. The van der Waals surface area contributed by atoms with Crippen LogP contribution in [0, 0.1) is 17.1 Å². The Morgan fingerprint density at radius 1 is 1.05 bits per heavy atom. The van der Waals surface area contributed by atoms with Gasteiger partial charge < -0.3 is 19.8 Å². The van der Waals surface area contributed by atoms with Gasteiger partial charge in [-0.3, -0.25) is 9.59 Å². The number of aromatic nitrogens is 3. The number of Topliss-reactive ketones (excluding diaryl/α,β-unsaturated/α-hetero) is 1. The van der Waals surface area contributed by atoms with Gasteiger partial charge in [-0.1, -0.05) is 36.4 Å². The summed E-state index contributed by atoms with van der Waals surface area (Å²) in [5.41, 5.74) is 10.6. The van der Waals surface area contributed by atoms with Crippen LogP contribution in [0.1, 0.15) is 39.8 Å². The molecule has 9 nitrogen and oxygen atoms in total. The molecule has 2 aromatic heterocycles. The van der Waals surface area contributed by atoms with Crippen molar-refractivity contribution in [3.8, 4) is 23.2 Å². The molecule has 0 spiro atoms. The summed E-state index contributed by atoms with van der Waals surface area (Å²) in [7, 11) is 1.42. The standard InChI is InChI=1S/C33H28FN5O4/c1-20(40)24-12-13-28-29(16-24)39(18-30(42-2)33(36)41)31(37-28)15-21-6-9-23(10-7-21)27-4-3-5-32(38-27)43-19-25-11-8-22(17-35)14-26(25)34/h3-14,16,30H,15,18-19H2,1-2H3,(H2,36,41)/t30-/m0/s1. The van der Waals surface area contributed by atoms with Gasteiger partial charge in [0.25, 0.3) is 0 Å². The number of nitrogens with two attached hydrogens (primary N) is 1. The molecule has 1 atom stereocenters. The summed E-state index contributed by atoms with van der Waals surface area (Å²) in [6, 6.07) is 24.6. The second kappa shape index (κ2) is 12.6. The lowest BCUT2D eigenvalue weighted by Gasteiger charge is -2.16. The average Bonchev–Trinajstić information content (AvgIpc) is 3.35. The number of methoxy groups -OCH3 is 1. The van der Waals surface area contributed by atoms with Gasteiger partial charge in [0, 0.05) is 36.3 Å². The van der Waals surface area contributed by atoms with Crippen LogP contribution < -0.4 is 10.5 Å². The normalized spacial score (nSPS) is 11.7. The number of pyridine rings is 1. The number of imidazole rings is 1. The van der Waals surface area contributed by atoms with Crippen molar-refractivity contribution in [3.63, 3.8) is 0 Å². The first-order chi connectivity index (χ1) is 20.7. The van der Waals surface area contributed by atoms with Crippen molar-refractivity contribution in [1.82, 2.24) is 14.5 Å². The second-order valence-corrected chi connectivity index (χ2v) is 9.97. The Morgan fingerprint density at radius 3 is 2.51 bits per heavy atom. The van der Waals surface area contributed by atoms with E-state index in [0.717, 1.165) is 11.1 Å². The Balaban J connectivity index is 1.36. The van der Waals surface area contributed by atoms with E-state index < -0.39 is 17.8 Å². The summed E-state index contributed by atoms with van der Waals surface area (Å²) in [6.45, 7) is 1.62. The van der Waals surface area contributed by atoms with Crippen molar-refractivity contribution in [2.45, 2.75) is 32.6 Å². The summed E-state index contributed by atoms with van der Waals surface area (Å²) in [6.07, 6.45) is -0.416. The van der Waals surface area contributed by atoms with Crippen LogP contribution in [0.5, 0.6) is 5.88 Å². The highest BCUT2D eigenvalue weighted by atomic mass is 19.1. The molecular weight excluding hydrogens is 549 g/mol. The molecule has 2 N–H and O–H groups in total. The van der Waals surface area contributed by atoms with Gasteiger partial charge in [-0.25, -0.2) is 14.4 Å². The third-order valence-electron chi connectivity index (χ3n) is 7.08. The van der Waals surface area contributed by atoms with E-state index in [1.807, 2.05) is 47.0 Å². The van der Waals surface area contributed by atoms with Crippen LogP contribution in [-0.4, -0.2) is 39.4 Å². The van der Waals surface area contributed by atoms with E-state index >= 15 is 0 Å². The molecule has 43 heavy (non-hydrogen) atoms. The Morgan fingerprint density at radius 2 is 1.84 bits per heavy atom. The van der Waals surface area contributed by atoms with E-state index in [1.54, 1.807) is 30.3 Å². The maximum absolute atomic E-state index is 14.2. The lowest BCUT2D eigenvalue weighted by molar-refractivity contribution is -0.128. The minimum atomic E-state index is -0.867.